The van der Waals surface area contributed by atoms with Crippen molar-refractivity contribution in [1.82, 2.24) is 14.9 Å². The minimum absolute atomic E-state index is 0.0864. The number of ether oxygens (including phenoxy) is 2. The second kappa shape index (κ2) is 6.46. The van der Waals surface area contributed by atoms with E-state index in [4.69, 9.17) is 9.47 Å². The molecule has 1 aromatic carbocycles. The van der Waals surface area contributed by atoms with Crippen molar-refractivity contribution < 1.29 is 14.4 Å². The summed E-state index contributed by atoms with van der Waals surface area (Å²) in [5.74, 6) is 0.378. The zero-order valence-electron chi connectivity index (χ0n) is 11.5. The van der Waals surface area contributed by atoms with Crippen LogP contribution in [0.15, 0.2) is 29.9 Å². The van der Waals surface area contributed by atoms with Crippen LogP contribution in [-0.4, -0.2) is 39.7 Å². The largest absolute Gasteiger partial charge is 0.490 e. The lowest BCUT2D eigenvalue weighted by atomic mass is 10.2. The number of rotatable bonds is 6. The summed E-state index contributed by atoms with van der Waals surface area (Å²) in [6.45, 7) is 2.14. The van der Waals surface area contributed by atoms with Gasteiger partial charge in [-0.3, -0.25) is 10.1 Å². The van der Waals surface area contributed by atoms with E-state index in [2.05, 4.69) is 15.3 Å². The Kier molecular flexibility index (Phi) is 4.44. The molecule has 0 unspecified atom stereocenters. The summed E-state index contributed by atoms with van der Waals surface area (Å²) in [6, 6.07) is 2.97. The zero-order chi connectivity index (χ0) is 15.2. The van der Waals surface area contributed by atoms with E-state index in [1.165, 1.54) is 36.7 Å². The predicted molar refractivity (Wildman–Crippen MR) is 73.8 cm³/mol. The van der Waals surface area contributed by atoms with Crippen molar-refractivity contribution in [2.75, 3.05) is 13.7 Å². The van der Waals surface area contributed by atoms with E-state index in [-0.39, 0.29) is 11.4 Å². The van der Waals surface area contributed by atoms with Crippen LogP contribution in [0.5, 0.6) is 11.5 Å². The van der Waals surface area contributed by atoms with Gasteiger partial charge in [0.25, 0.3) is 0 Å². The van der Waals surface area contributed by atoms with Gasteiger partial charge in [0.2, 0.25) is 5.75 Å². The lowest BCUT2D eigenvalue weighted by molar-refractivity contribution is -0.385. The van der Waals surface area contributed by atoms with Gasteiger partial charge in [-0.2, -0.15) is 5.10 Å². The number of hydrogen-bond donors (Lipinski definition) is 0. The molecule has 0 atom stereocenters. The average Bonchev–Trinajstić information content (AvgIpc) is 2.98. The third kappa shape index (κ3) is 3.32. The van der Waals surface area contributed by atoms with Gasteiger partial charge in [0.05, 0.1) is 24.9 Å². The molecule has 0 aliphatic carbocycles. The summed E-state index contributed by atoms with van der Waals surface area (Å²) in [5.41, 5.74) is 0.313. The molecule has 0 bridgehead atoms. The average molecular weight is 291 g/mol. The fraction of sp³-hybridized carbons (Fsp3) is 0.250. The molecule has 0 amide bonds. The Labute approximate surface area is 120 Å². The maximum absolute atomic E-state index is 11.1. The molecule has 0 N–H and O–H groups in total. The number of nitro groups is 1. The fourth-order valence-electron chi connectivity index (χ4n) is 1.67. The van der Waals surface area contributed by atoms with Crippen molar-refractivity contribution >= 4 is 11.9 Å². The Morgan fingerprint density at radius 2 is 2.14 bits per heavy atom. The standard InChI is InChI=1S/C12H13N5O4/c1-3-21-11-5-9(6-15-16-7-13-14-8-16)4-10(17(18)19)12(11)20-2/h4-8H,3H2,1-2H3/b15-6-. The van der Waals surface area contributed by atoms with Gasteiger partial charge in [0.1, 0.15) is 12.7 Å². The zero-order valence-corrected chi connectivity index (χ0v) is 11.5. The number of methoxy groups -OCH3 is 1. The number of benzene rings is 1. The van der Waals surface area contributed by atoms with Crippen LogP contribution >= 0.6 is 0 Å². The summed E-state index contributed by atoms with van der Waals surface area (Å²) < 4.78 is 11.8. The molecule has 0 aliphatic heterocycles. The van der Waals surface area contributed by atoms with Crippen LogP contribution in [0.25, 0.3) is 0 Å². The third-order valence-corrected chi connectivity index (χ3v) is 2.50. The Hall–Kier alpha value is -2.97. The summed E-state index contributed by atoms with van der Waals surface area (Å²) in [6.07, 6.45) is 4.24. The predicted octanol–water partition coefficient (Wildman–Crippen LogP) is 1.48. The van der Waals surface area contributed by atoms with Crippen molar-refractivity contribution in [2.24, 2.45) is 5.10 Å². The van der Waals surface area contributed by atoms with Crippen LogP contribution in [0.4, 0.5) is 5.69 Å². The van der Waals surface area contributed by atoms with Crippen LogP contribution in [0.2, 0.25) is 0 Å². The van der Waals surface area contributed by atoms with Gasteiger partial charge < -0.3 is 9.47 Å². The second-order valence-corrected chi connectivity index (χ2v) is 3.85. The van der Waals surface area contributed by atoms with Crippen LogP contribution in [-0.2, 0) is 0 Å². The van der Waals surface area contributed by atoms with Gasteiger partial charge in [-0.1, -0.05) is 0 Å². The lowest BCUT2D eigenvalue weighted by Gasteiger charge is -2.10. The Bertz CT molecular complexity index is 654. The van der Waals surface area contributed by atoms with Crippen molar-refractivity contribution in [1.29, 1.82) is 0 Å². The van der Waals surface area contributed by atoms with E-state index in [1.54, 1.807) is 13.0 Å². The number of hydrogen-bond acceptors (Lipinski definition) is 7. The fourth-order valence-corrected chi connectivity index (χ4v) is 1.67. The molecule has 0 spiro atoms. The summed E-state index contributed by atoms with van der Waals surface area (Å²) in [4.78, 5) is 10.6. The monoisotopic (exact) mass is 291 g/mol. The third-order valence-electron chi connectivity index (χ3n) is 2.50. The molecule has 1 aromatic heterocycles. The normalized spacial score (nSPS) is 10.8. The van der Waals surface area contributed by atoms with E-state index in [9.17, 15) is 10.1 Å². The molecule has 110 valence electrons. The van der Waals surface area contributed by atoms with Crippen LogP contribution in [0.3, 0.4) is 0 Å². The first-order valence-electron chi connectivity index (χ1n) is 6.04. The summed E-state index contributed by atoms with van der Waals surface area (Å²) in [7, 11) is 1.36. The minimum atomic E-state index is -0.530. The molecular weight excluding hydrogens is 278 g/mol. The lowest BCUT2D eigenvalue weighted by Crippen LogP contribution is -2.01. The molecule has 0 fully saturated rings. The molecule has 9 nitrogen and oxygen atoms in total. The van der Waals surface area contributed by atoms with E-state index in [1.807, 2.05) is 0 Å². The van der Waals surface area contributed by atoms with E-state index in [0.29, 0.717) is 17.9 Å². The SMILES string of the molecule is CCOc1cc(/C=N\n2cnnc2)cc([N+](=O)[O-])c1OC. The molecule has 0 saturated carbocycles. The van der Waals surface area contributed by atoms with Crippen LogP contribution in [0.1, 0.15) is 12.5 Å². The quantitative estimate of drug-likeness (QED) is 0.453. The Morgan fingerprint density at radius 3 is 2.71 bits per heavy atom. The maximum atomic E-state index is 11.1. The molecule has 0 saturated heterocycles. The molecule has 2 rings (SSSR count). The summed E-state index contributed by atoms with van der Waals surface area (Å²) in [5, 5.41) is 22.4. The highest BCUT2D eigenvalue weighted by Gasteiger charge is 2.21. The minimum Gasteiger partial charge on any atom is -0.490 e. The van der Waals surface area contributed by atoms with Gasteiger partial charge in [-0.15, -0.1) is 10.2 Å². The van der Waals surface area contributed by atoms with Crippen LogP contribution < -0.4 is 9.47 Å². The van der Waals surface area contributed by atoms with E-state index >= 15 is 0 Å². The number of nitro benzene ring substituents is 1. The molecule has 0 aliphatic rings. The second-order valence-electron chi connectivity index (χ2n) is 3.85. The van der Waals surface area contributed by atoms with Crippen molar-refractivity contribution in [3.05, 3.63) is 40.5 Å². The molecule has 1 heterocycles. The first-order chi connectivity index (χ1) is 10.2. The molecule has 2 aromatic rings. The highest BCUT2D eigenvalue weighted by Crippen LogP contribution is 2.37. The number of nitrogens with zero attached hydrogens (tertiary/aromatic N) is 5. The highest BCUT2D eigenvalue weighted by molar-refractivity contribution is 5.83. The molecule has 21 heavy (non-hydrogen) atoms. The smallest absolute Gasteiger partial charge is 0.315 e. The first-order valence-corrected chi connectivity index (χ1v) is 6.04. The number of aromatic nitrogens is 3. The highest BCUT2D eigenvalue weighted by atomic mass is 16.6. The van der Waals surface area contributed by atoms with Gasteiger partial charge in [-0.25, -0.2) is 4.68 Å². The van der Waals surface area contributed by atoms with Crippen molar-refractivity contribution in [3.8, 4) is 11.5 Å². The molecular formula is C12H13N5O4. The topological polar surface area (TPSA) is 105 Å². The Balaban J connectivity index is 2.44. The van der Waals surface area contributed by atoms with E-state index < -0.39 is 4.92 Å². The Morgan fingerprint density at radius 1 is 1.43 bits per heavy atom. The molecule has 0 radical (unpaired) electrons. The van der Waals surface area contributed by atoms with Gasteiger partial charge in [0, 0.05) is 11.6 Å². The van der Waals surface area contributed by atoms with Crippen molar-refractivity contribution in [3.63, 3.8) is 0 Å². The van der Waals surface area contributed by atoms with Gasteiger partial charge in [0.15, 0.2) is 5.75 Å². The first kappa shape index (κ1) is 14.4. The molecule has 9 heteroatoms. The van der Waals surface area contributed by atoms with Gasteiger partial charge >= 0.3 is 5.69 Å². The maximum Gasteiger partial charge on any atom is 0.315 e. The van der Waals surface area contributed by atoms with Gasteiger partial charge in [-0.05, 0) is 13.0 Å². The summed E-state index contributed by atoms with van der Waals surface area (Å²) >= 11 is 0. The van der Waals surface area contributed by atoms with Crippen LogP contribution in [0, 0.1) is 10.1 Å². The van der Waals surface area contributed by atoms with E-state index in [0.717, 1.165) is 0 Å². The van der Waals surface area contributed by atoms with Crippen molar-refractivity contribution in [2.45, 2.75) is 6.92 Å².